The fraction of sp³-hybridized carbons (Fsp3) is 0.600. The maximum Gasteiger partial charge on any atom is 0.416 e. The highest BCUT2D eigenvalue weighted by Gasteiger charge is 2.32. The molecule has 2 unspecified atom stereocenters. The molecule has 0 saturated carbocycles. The third kappa shape index (κ3) is 3.08. The van der Waals surface area contributed by atoms with Crippen LogP contribution in [0.25, 0.3) is 0 Å². The molecule has 1 fully saturated rings. The number of anilines is 1. The molecule has 0 aliphatic carbocycles. The van der Waals surface area contributed by atoms with Gasteiger partial charge in [-0.3, -0.25) is 0 Å². The lowest BCUT2D eigenvalue weighted by Crippen LogP contribution is -2.53. The molecule has 2 rings (SSSR count). The van der Waals surface area contributed by atoms with Gasteiger partial charge in [-0.1, -0.05) is 6.92 Å². The maximum atomic E-state index is 12.6. The summed E-state index contributed by atoms with van der Waals surface area (Å²) in [4.78, 5) is 2.23. The van der Waals surface area contributed by atoms with Crippen LogP contribution >= 0.6 is 0 Å². The summed E-state index contributed by atoms with van der Waals surface area (Å²) in [6.07, 6.45) is -1.11. The molecule has 20 heavy (non-hydrogen) atoms. The van der Waals surface area contributed by atoms with Crippen molar-refractivity contribution >= 4 is 5.69 Å². The number of halogens is 3. The zero-order chi connectivity index (χ0) is 14.8. The first kappa shape index (κ1) is 15.2. The smallest absolute Gasteiger partial charge is 0.367 e. The Kier molecular flexibility index (Phi) is 4.58. The number of nitrogens with one attached hydrogen (secondary N) is 1. The molecule has 0 aromatic heterocycles. The number of nitrogens with zero attached hydrogens (tertiary/aromatic N) is 1. The minimum absolute atomic E-state index is 0.338. The highest BCUT2D eigenvalue weighted by molar-refractivity contribution is 5.50. The second-order valence-electron chi connectivity index (χ2n) is 5.25. The van der Waals surface area contributed by atoms with Crippen LogP contribution in [0, 0.1) is 0 Å². The van der Waals surface area contributed by atoms with Gasteiger partial charge in [0.2, 0.25) is 0 Å². The topological polar surface area (TPSA) is 15.3 Å². The van der Waals surface area contributed by atoms with Crippen LogP contribution in [0.1, 0.15) is 31.7 Å². The van der Waals surface area contributed by atoms with E-state index < -0.39 is 11.7 Å². The lowest BCUT2D eigenvalue weighted by molar-refractivity contribution is -0.137. The van der Waals surface area contributed by atoms with E-state index in [-0.39, 0.29) is 0 Å². The lowest BCUT2D eigenvalue weighted by atomic mass is 9.93. The molecule has 1 aliphatic heterocycles. The Bertz CT molecular complexity index is 428. The van der Waals surface area contributed by atoms with Gasteiger partial charge in [0.15, 0.2) is 0 Å². The van der Waals surface area contributed by atoms with Gasteiger partial charge in [0.25, 0.3) is 0 Å². The summed E-state index contributed by atoms with van der Waals surface area (Å²) in [5.74, 6) is 0. The van der Waals surface area contributed by atoms with Gasteiger partial charge >= 0.3 is 6.18 Å². The van der Waals surface area contributed by atoms with Gasteiger partial charge in [0.05, 0.1) is 5.56 Å². The number of hydrogen-bond acceptors (Lipinski definition) is 2. The van der Waals surface area contributed by atoms with E-state index in [0.717, 1.165) is 31.5 Å². The molecule has 0 spiro atoms. The first-order valence-corrected chi connectivity index (χ1v) is 7.08. The summed E-state index contributed by atoms with van der Waals surface area (Å²) in [5, 5.41) is 3.32. The van der Waals surface area contributed by atoms with Crippen molar-refractivity contribution < 1.29 is 13.2 Å². The average Bonchev–Trinajstić information content (AvgIpc) is 2.45. The highest BCUT2D eigenvalue weighted by atomic mass is 19.4. The fourth-order valence-corrected chi connectivity index (χ4v) is 3.06. The third-order valence-electron chi connectivity index (χ3n) is 4.09. The second-order valence-corrected chi connectivity index (χ2v) is 5.25. The number of benzene rings is 1. The first-order chi connectivity index (χ1) is 9.47. The zero-order valence-corrected chi connectivity index (χ0v) is 11.9. The largest absolute Gasteiger partial charge is 0.416 e. The van der Waals surface area contributed by atoms with E-state index in [1.807, 2.05) is 7.05 Å². The third-order valence-corrected chi connectivity index (χ3v) is 4.09. The molecular formula is C15H21F3N2. The zero-order valence-electron chi connectivity index (χ0n) is 11.9. The first-order valence-electron chi connectivity index (χ1n) is 7.08. The molecule has 2 atom stereocenters. The van der Waals surface area contributed by atoms with Crippen LogP contribution in [-0.4, -0.2) is 25.7 Å². The molecule has 1 N–H and O–H groups in total. The van der Waals surface area contributed by atoms with Crippen molar-refractivity contribution in [3.05, 3.63) is 29.8 Å². The van der Waals surface area contributed by atoms with Crippen molar-refractivity contribution in [3.8, 4) is 0 Å². The predicted octanol–water partition coefficient (Wildman–Crippen LogP) is 3.67. The van der Waals surface area contributed by atoms with Gasteiger partial charge in [-0.25, -0.2) is 0 Å². The van der Waals surface area contributed by atoms with E-state index in [2.05, 4.69) is 17.1 Å². The van der Waals surface area contributed by atoms with Crippen molar-refractivity contribution in [2.24, 2.45) is 0 Å². The molecule has 2 nitrogen and oxygen atoms in total. The van der Waals surface area contributed by atoms with Crippen LogP contribution < -0.4 is 10.2 Å². The summed E-state index contributed by atoms with van der Waals surface area (Å²) >= 11 is 0. The van der Waals surface area contributed by atoms with E-state index in [0.29, 0.717) is 12.1 Å². The van der Waals surface area contributed by atoms with E-state index in [1.165, 1.54) is 12.1 Å². The Morgan fingerprint density at radius 1 is 1.25 bits per heavy atom. The molecule has 0 amide bonds. The van der Waals surface area contributed by atoms with Crippen molar-refractivity contribution in [1.82, 2.24) is 5.32 Å². The van der Waals surface area contributed by atoms with Crippen LogP contribution in [0.2, 0.25) is 0 Å². The number of rotatable bonds is 3. The minimum Gasteiger partial charge on any atom is -0.367 e. The van der Waals surface area contributed by atoms with Crippen LogP contribution in [0.3, 0.4) is 0 Å². The molecule has 0 radical (unpaired) electrons. The molecule has 1 aromatic rings. The highest BCUT2D eigenvalue weighted by Crippen LogP contribution is 2.32. The van der Waals surface area contributed by atoms with Crippen molar-refractivity contribution in [2.75, 3.05) is 18.5 Å². The molecule has 1 saturated heterocycles. The van der Waals surface area contributed by atoms with Crippen LogP contribution in [0.4, 0.5) is 18.9 Å². The Morgan fingerprint density at radius 2 is 1.90 bits per heavy atom. The predicted molar refractivity (Wildman–Crippen MR) is 75.0 cm³/mol. The summed E-state index contributed by atoms with van der Waals surface area (Å²) in [7, 11) is 1.95. The normalized spacial score (nSPS) is 23.9. The molecule has 112 valence electrons. The fourth-order valence-electron chi connectivity index (χ4n) is 3.06. The molecule has 1 heterocycles. The number of alkyl halides is 3. The van der Waals surface area contributed by atoms with Crippen molar-refractivity contribution in [1.29, 1.82) is 0 Å². The van der Waals surface area contributed by atoms with Gasteiger partial charge < -0.3 is 10.2 Å². The average molecular weight is 286 g/mol. The van der Waals surface area contributed by atoms with E-state index in [4.69, 9.17) is 0 Å². The summed E-state index contributed by atoms with van der Waals surface area (Å²) in [6, 6.07) is 6.25. The van der Waals surface area contributed by atoms with Crippen LogP contribution in [0.15, 0.2) is 24.3 Å². The van der Waals surface area contributed by atoms with Gasteiger partial charge in [-0.15, -0.1) is 0 Å². The summed E-state index contributed by atoms with van der Waals surface area (Å²) in [5.41, 5.74) is 0.293. The van der Waals surface area contributed by atoms with E-state index in [9.17, 15) is 13.2 Å². The monoisotopic (exact) mass is 286 g/mol. The second kappa shape index (κ2) is 6.04. The van der Waals surface area contributed by atoms with E-state index >= 15 is 0 Å². The number of hydrogen-bond donors (Lipinski definition) is 1. The number of likely N-dealkylation sites (N-methyl/N-ethyl adjacent to an activating group) is 1. The molecular weight excluding hydrogens is 265 g/mol. The Labute approximate surface area is 118 Å². The SMILES string of the molecule is CCC1C(NC)CCCN1c1ccc(C(F)(F)F)cc1. The van der Waals surface area contributed by atoms with Gasteiger partial charge in [0, 0.05) is 24.3 Å². The molecule has 1 aromatic carbocycles. The van der Waals surface area contributed by atoms with Crippen LogP contribution in [0.5, 0.6) is 0 Å². The summed E-state index contributed by atoms with van der Waals surface area (Å²) in [6.45, 7) is 3.03. The maximum absolute atomic E-state index is 12.6. The standard InChI is InChI=1S/C15H21F3N2/c1-3-14-13(19-2)5-4-10-20(14)12-8-6-11(7-9-12)15(16,17)18/h6-9,13-14,19H,3-5,10H2,1-2H3. The van der Waals surface area contributed by atoms with Gasteiger partial charge in [-0.2, -0.15) is 13.2 Å². The molecule has 5 heteroatoms. The minimum atomic E-state index is -4.27. The Hall–Kier alpha value is -1.23. The summed E-state index contributed by atoms with van der Waals surface area (Å²) < 4.78 is 37.8. The van der Waals surface area contributed by atoms with Gasteiger partial charge in [0.1, 0.15) is 0 Å². The Morgan fingerprint density at radius 3 is 2.40 bits per heavy atom. The van der Waals surface area contributed by atoms with Crippen molar-refractivity contribution in [2.45, 2.75) is 44.4 Å². The van der Waals surface area contributed by atoms with Crippen LogP contribution in [-0.2, 0) is 6.18 Å². The number of piperidine rings is 1. The van der Waals surface area contributed by atoms with Crippen molar-refractivity contribution in [3.63, 3.8) is 0 Å². The lowest BCUT2D eigenvalue weighted by Gasteiger charge is -2.42. The molecule has 1 aliphatic rings. The quantitative estimate of drug-likeness (QED) is 0.912. The Balaban J connectivity index is 2.21. The molecule has 0 bridgehead atoms. The van der Waals surface area contributed by atoms with E-state index in [1.54, 1.807) is 12.1 Å². The van der Waals surface area contributed by atoms with Gasteiger partial charge in [-0.05, 0) is 50.6 Å².